The Labute approximate surface area is 236 Å². The van der Waals surface area contributed by atoms with Gasteiger partial charge in [0.25, 0.3) is 0 Å². The SMILES string of the molecule is COCCCS(=O)(=O)N1CCC(c2c[nH]c3c(CC(N)=O)cc(-c4cccc(CN5CC[C@@H](O)C5)c4)cc23)CC1. The Morgan fingerprint density at radius 3 is 2.62 bits per heavy atom. The lowest BCUT2D eigenvalue weighted by molar-refractivity contribution is -0.117. The molecule has 1 aromatic heterocycles. The number of fused-ring (bicyclic) bond motifs is 1. The lowest BCUT2D eigenvalue weighted by Crippen LogP contribution is -2.39. The first-order chi connectivity index (χ1) is 19.2. The van der Waals surface area contributed by atoms with E-state index >= 15 is 0 Å². The molecule has 4 N–H and O–H groups in total. The second-order valence-corrected chi connectivity index (χ2v) is 13.2. The van der Waals surface area contributed by atoms with Gasteiger partial charge in [0.15, 0.2) is 0 Å². The third-order valence-electron chi connectivity index (χ3n) is 8.22. The maximum absolute atomic E-state index is 12.8. The zero-order valence-electron chi connectivity index (χ0n) is 23.1. The van der Waals surface area contributed by atoms with Crippen LogP contribution in [0.3, 0.4) is 0 Å². The number of benzene rings is 2. The number of carbonyl (C=O) groups is 1. The number of aliphatic hydroxyl groups is 1. The molecular weight excluding hydrogens is 528 g/mol. The number of nitrogens with one attached hydrogen (secondary N) is 1. The molecule has 0 saturated carbocycles. The third-order valence-corrected chi connectivity index (χ3v) is 10.2. The normalized spacial score (nSPS) is 19.5. The van der Waals surface area contributed by atoms with Crippen molar-refractivity contribution >= 4 is 26.8 Å². The van der Waals surface area contributed by atoms with E-state index in [0.29, 0.717) is 32.7 Å². The Morgan fingerprint density at radius 2 is 1.93 bits per heavy atom. The molecule has 9 nitrogen and oxygen atoms in total. The number of primary amides is 1. The Morgan fingerprint density at radius 1 is 1.12 bits per heavy atom. The van der Waals surface area contributed by atoms with Crippen LogP contribution in [0.5, 0.6) is 0 Å². The molecule has 1 amide bonds. The summed E-state index contributed by atoms with van der Waals surface area (Å²) in [6.07, 6.45) is 4.67. The summed E-state index contributed by atoms with van der Waals surface area (Å²) in [5.41, 5.74) is 11.8. The van der Waals surface area contributed by atoms with Crippen LogP contribution in [0.2, 0.25) is 0 Å². The number of hydrogen-bond acceptors (Lipinski definition) is 6. The van der Waals surface area contributed by atoms with Gasteiger partial charge in [0, 0.05) is 63.5 Å². The Bertz CT molecular complexity index is 1450. The van der Waals surface area contributed by atoms with Crippen LogP contribution in [0.15, 0.2) is 42.6 Å². The summed E-state index contributed by atoms with van der Waals surface area (Å²) in [7, 11) is -1.71. The summed E-state index contributed by atoms with van der Waals surface area (Å²) >= 11 is 0. The minimum absolute atomic E-state index is 0.107. The molecule has 0 bridgehead atoms. The third kappa shape index (κ3) is 6.58. The monoisotopic (exact) mass is 568 g/mol. The second-order valence-electron chi connectivity index (χ2n) is 11.2. The van der Waals surface area contributed by atoms with Crippen molar-refractivity contribution in [3.05, 3.63) is 59.3 Å². The van der Waals surface area contributed by atoms with Gasteiger partial charge in [0.1, 0.15) is 0 Å². The molecule has 10 heteroatoms. The first-order valence-corrected chi connectivity index (χ1v) is 15.7. The molecule has 2 fully saturated rings. The molecule has 3 heterocycles. The number of β-amino-alcohol motifs (C(OH)–C–C–N with tert-alkyl or cyclic N) is 1. The molecule has 2 saturated heterocycles. The fraction of sp³-hybridized carbons (Fsp3) is 0.500. The van der Waals surface area contributed by atoms with Gasteiger partial charge >= 0.3 is 0 Å². The van der Waals surface area contributed by atoms with E-state index < -0.39 is 10.0 Å². The van der Waals surface area contributed by atoms with Gasteiger partial charge in [0.05, 0.1) is 18.3 Å². The van der Waals surface area contributed by atoms with E-state index in [2.05, 4.69) is 40.2 Å². The number of aromatic nitrogens is 1. The number of hydrogen-bond donors (Lipinski definition) is 3. The largest absolute Gasteiger partial charge is 0.392 e. The highest BCUT2D eigenvalue weighted by Crippen LogP contribution is 2.37. The number of aromatic amines is 1. The molecule has 0 spiro atoms. The topological polar surface area (TPSA) is 129 Å². The van der Waals surface area contributed by atoms with Crippen molar-refractivity contribution in [2.45, 2.75) is 50.7 Å². The number of piperidine rings is 1. The van der Waals surface area contributed by atoms with E-state index in [0.717, 1.165) is 65.5 Å². The maximum atomic E-state index is 12.8. The van der Waals surface area contributed by atoms with E-state index in [9.17, 15) is 18.3 Å². The van der Waals surface area contributed by atoms with Crippen molar-refractivity contribution < 1.29 is 23.1 Å². The second kappa shape index (κ2) is 12.4. The summed E-state index contributed by atoms with van der Waals surface area (Å²) < 4.78 is 32.2. The van der Waals surface area contributed by atoms with Crippen LogP contribution in [0.1, 0.15) is 48.3 Å². The number of sulfonamides is 1. The van der Waals surface area contributed by atoms with Gasteiger partial charge in [0.2, 0.25) is 15.9 Å². The molecule has 2 aliphatic heterocycles. The average Bonchev–Trinajstić information content (AvgIpc) is 3.54. The molecule has 0 radical (unpaired) electrons. The Balaban J connectivity index is 1.40. The van der Waals surface area contributed by atoms with Gasteiger partial charge in [-0.2, -0.15) is 0 Å². The van der Waals surface area contributed by atoms with Crippen LogP contribution < -0.4 is 5.73 Å². The van der Waals surface area contributed by atoms with Crippen LogP contribution in [0, 0.1) is 0 Å². The molecule has 0 unspecified atom stereocenters. The van der Waals surface area contributed by atoms with E-state index in [1.165, 1.54) is 5.56 Å². The number of amides is 1. The maximum Gasteiger partial charge on any atom is 0.221 e. The quantitative estimate of drug-likeness (QED) is 0.305. The lowest BCUT2D eigenvalue weighted by Gasteiger charge is -2.31. The number of likely N-dealkylation sites (tertiary alicyclic amines) is 1. The minimum atomic E-state index is -3.29. The molecule has 3 aromatic rings. The van der Waals surface area contributed by atoms with Gasteiger partial charge < -0.3 is 20.6 Å². The van der Waals surface area contributed by atoms with Gasteiger partial charge in [-0.15, -0.1) is 0 Å². The molecule has 5 rings (SSSR count). The molecule has 0 aliphatic carbocycles. The van der Waals surface area contributed by atoms with E-state index in [4.69, 9.17) is 10.5 Å². The molecule has 2 aromatic carbocycles. The summed E-state index contributed by atoms with van der Waals surface area (Å²) in [5, 5.41) is 11.0. The average molecular weight is 569 g/mol. The first-order valence-electron chi connectivity index (χ1n) is 14.1. The number of aliphatic hydroxyl groups excluding tert-OH is 1. The standard InChI is InChI=1S/C30H40N4O5S/c1-39-12-3-13-40(37,38)34-10-6-22(7-11-34)28-18-32-30-25(17-29(31)36)15-24(16-27(28)30)23-5-2-4-21(14-23)19-33-9-8-26(35)20-33/h2,4-5,14-16,18,22,26,32,35H,3,6-13,17,19-20H2,1H3,(H2,31,36)/t26-/m1/s1. The van der Waals surface area contributed by atoms with E-state index in [-0.39, 0.29) is 30.1 Å². The number of nitrogens with zero attached hydrogens (tertiary/aromatic N) is 2. The molecule has 216 valence electrons. The predicted molar refractivity (Wildman–Crippen MR) is 156 cm³/mol. The molecule has 1 atom stereocenters. The number of ether oxygens (including phenoxy) is 1. The molecule has 40 heavy (non-hydrogen) atoms. The van der Waals surface area contributed by atoms with Crippen LogP contribution in [0.25, 0.3) is 22.0 Å². The number of carbonyl (C=O) groups excluding carboxylic acids is 1. The fourth-order valence-electron chi connectivity index (χ4n) is 6.18. The van der Waals surface area contributed by atoms with E-state index in [1.807, 2.05) is 12.3 Å². The smallest absolute Gasteiger partial charge is 0.221 e. The summed E-state index contributed by atoms with van der Waals surface area (Å²) in [6.45, 7) is 3.79. The predicted octanol–water partition coefficient (Wildman–Crippen LogP) is 2.98. The van der Waals surface area contributed by atoms with Crippen molar-refractivity contribution in [2.75, 3.05) is 45.6 Å². The zero-order chi connectivity index (χ0) is 28.3. The van der Waals surface area contributed by atoms with Gasteiger partial charge in [-0.1, -0.05) is 18.2 Å². The van der Waals surface area contributed by atoms with Crippen molar-refractivity contribution in [1.29, 1.82) is 0 Å². The highest BCUT2D eigenvalue weighted by atomic mass is 32.2. The van der Waals surface area contributed by atoms with Crippen molar-refractivity contribution in [3.63, 3.8) is 0 Å². The van der Waals surface area contributed by atoms with Crippen LogP contribution in [-0.2, 0) is 32.5 Å². The van der Waals surface area contributed by atoms with Crippen LogP contribution >= 0.6 is 0 Å². The summed E-state index contributed by atoms with van der Waals surface area (Å²) in [6, 6.07) is 12.6. The number of rotatable bonds is 11. The van der Waals surface area contributed by atoms with Gasteiger partial charge in [-0.3, -0.25) is 9.69 Å². The zero-order valence-corrected chi connectivity index (χ0v) is 24.0. The van der Waals surface area contributed by atoms with Crippen LogP contribution in [0.4, 0.5) is 0 Å². The number of H-pyrrole nitrogens is 1. The molecular formula is C30H40N4O5S. The number of methoxy groups -OCH3 is 1. The van der Waals surface area contributed by atoms with Crippen molar-refractivity contribution in [3.8, 4) is 11.1 Å². The Kier molecular flexibility index (Phi) is 8.92. The van der Waals surface area contributed by atoms with Crippen molar-refractivity contribution in [1.82, 2.24) is 14.2 Å². The van der Waals surface area contributed by atoms with Crippen LogP contribution in [-0.4, -0.2) is 85.4 Å². The summed E-state index contributed by atoms with van der Waals surface area (Å²) in [4.78, 5) is 17.6. The molecule has 2 aliphatic rings. The first kappa shape index (κ1) is 28.8. The van der Waals surface area contributed by atoms with Crippen molar-refractivity contribution in [2.24, 2.45) is 5.73 Å². The highest BCUT2D eigenvalue weighted by Gasteiger charge is 2.30. The summed E-state index contributed by atoms with van der Waals surface area (Å²) in [5.74, 6) is -0.0674. The number of nitrogens with two attached hydrogens (primary N) is 1. The fourth-order valence-corrected chi connectivity index (χ4v) is 7.69. The van der Waals surface area contributed by atoms with E-state index in [1.54, 1.807) is 11.4 Å². The van der Waals surface area contributed by atoms with Gasteiger partial charge in [-0.25, -0.2) is 12.7 Å². The Hall–Kier alpha value is -2.76. The van der Waals surface area contributed by atoms with Gasteiger partial charge in [-0.05, 0) is 77.6 Å². The highest BCUT2D eigenvalue weighted by molar-refractivity contribution is 7.89. The minimum Gasteiger partial charge on any atom is -0.392 e. The lowest BCUT2D eigenvalue weighted by atomic mass is 9.88.